The van der Waals surface area contributed by atoms with Gasteiger partial charge >= 0.3 is 0 Å². The van der Waals surface area contributed by atoms with Gasteiger partial charge in [0.05, 0.1) is 47.4 Å². The number of rotatable bonds is 10. The van der Waals surface area contributed by atoms with Crippen LogP contribution in [0.5, 0.6) is 5.75 Å². The summed E-state index contributed by atoms with van der Waals surface area (Å²) in [6.07, 6.45) is 1.43. The predicted molar refractivity (Wildman–Crippen MR) is 156 cm³/mol. The molecule has 3 amide bonds. The lowest BCUT2D eigenvalue weighted by Crippen LogP contribution is -2.56. The Bertz CT molecular complexity index is 1320. The van der Waals surface area contributed by atoms with Crippen LogP contribution in [0.2, 0.25) is 5.02 Å². The van der Waals surface area contributed by atoms with Crippen LogP contribution in [-0.4, -0.2) is 64.2 Å². The van der Waals surface area contributed by atoms with E-state index in [1.54, 1.807) is 48.5 Å². The van der Waals surface area contributed by atoms with Crippen molar-refractivity contribution in [2.75, 3.05) is 23.8 Å². The maximum absolute atomic E-state index is 14.3. The van der Waals surface area contributed by atoms with Crippen molar-refractivity contribution in [1.29, 1.82) is 0 Å². The number of hydrogen-bond acceptors (Lipinski definition) is 6. The first kappa shape index (κ1) is 29.4. The molecule has 3 heterocycles. The van der Waals surface area contributed by atoms with Crippen LogP contribution >= 0.6 is 11.6 Å². The van der Waals surface area contributed by atoms with E-state index >= 15 is 0 Å². The molecular weight excluding hydrogens is 546 g/mol. The van der Waals surface area contributed by atoms with Gasteiger partial charge in [0.2, 0.25) is 17.7 Å². The van der Waals surface area contributed by atoms with Gasteiger partial charge in [-0.2, -0.15) is 0 Å². The molecule has 0 radical (unpaired) electrons. The monoisotopic (exact) mass is 583 g/mol. The molecule has 0 aromatic heterocycles. The average molecular weight is 584 g/mol. The van der Waals surface area contributed by atoms with Crippen LogP contribution in [0.3, 0.4) is 0 Å². The lowest BCUT2D eigenvalue weighted by molar-refractivity contribution is -0.147. The zero-order valence-corrected chi connectivity index (χ0v) is 24.6. The molecule has 3 aliphatic rings. The van der Waals surface area contributed by atoms with E-state index in [1.807, 2.05) is 27.7 Å². The summed E-state index contributed by atoms with van der Waals surface area (Å²) in [5.41, 5.74) is -1.17. The molecule has 2 bridgehead atoms. The van der Waals surface area contributed by atoms with Gasteiger partial charge in [-0.3, -0.25) is 14.4 Å². The number of para-hydroxylation sites is 1. The predicted octanol–water partition coefficient (Wildman–Crippen LogP) is 4.49. The zero-order valence-electron chi connectivity index (χ0n) is 23.9. The Morgan fingerprint density at radius 3 is 2.46 bits per heavy atom. The number of hydrogen-bond donors (Lipinski definition) is 3. The maximum Gasteiger partial charge on any atom is 0.250 e. The molecule has 3 aliphatic heterocycles. The SMILES string of the molecule is CCOc1ccc(NC(=O)[C@@H]2[C@H]3C(=O)N([C@@H](CO)CC(C)C)C(C(=O)Nc4ccccc4Cl)C34CC[C@@]2(C)O4)cc1. The van der Waals surface area contributed by atoms with Crippen molar-refractivity contribution in [2.24, 2.45) is 17.8 Å². The molecule has 6 atom stereocenters. The van der Waals surface area contributed by atoms with Gasteiger partial charge in [0.25, 0.3) is 0 Å². The van der Waals surface area contributed by atoms with E-state index in [0.29, 0.717) is 48.0 Å². The fourth-order valence-corrected chi connectivity index (χ4v) is 7.25. The van der Waals surface area contributed by atoms with Crippen LogP contribution in [0.25, 0.3) is 0 Å². The number of nitrogens with one attached hydrogen (secondary N) is 2. The molecule has 9 nitrogen and oxygen atoms in total. The highest BCUT2D eigenvalue weighted by molar-refractivity contribution is 6.33. The molecule has 3 fully saturated rings. The van der Waals surface area contributed by atoms with E-state index in [2.05, 4.69) is 10.6 Å². The van der Waals surface area contributed by atoms with Gasteiger partial charge < -0.3 is 30.1 Å². The number of fused-ring (bicyclic) bond motifs is 1. The highest BCUT2D eigenvalue weighted by Gasteiger charge is 2.78. The van der Waals surface area contributed by atoms with Gasteiger partial charge in [-0.1, -0.05) is 37.6 Å². The summed E-state index contributed by atoms with van der Waals surface area (Å²) < 4.78 is 12.2. The smallest absolute Gasteiger partial charge is 0.250 e. The third-order valence-electron chi connectivity index (χ3n) is 8.66. The standard InChI is InChI=1S/C31H38ClN3O6/c1-5-40-21-12-10-19(11-13-21)33-27(37)24-25-29(39)35(20(17-36)16-18(2)3)26(31(25)15-14-30(24,4)41-31)28(38)34-23-9-7-6-8-22(23)32/h6-13,18,20,24-26,36H,5,14-17H2,1-4H3,(H,33,37)(H,34,38)/t20-,24+,25+,26?,30-,31?/m1/s1. The molecule has 1 spiro atoms. The number of aliphatic hydroxyl groups excluding tert-OH is 1. The Labute approximate surface area is 245 Å². The highest BCUT2D eigenvalue weighted by Crippen LogP contribution is 2.63. The van der Waals surface area contributed by atoms with Crippen LogP contribution in [0.1, 0.15) is 47.0 Å². The van der Waals surface area contributed by atoms with Gasteiger partial charge in [-0.05, 0) is 75.4 Å². The van der Waals surface area contributed by atoms with E-state index < -0.39 is 41.0 Å². The van der Waals surface area contributed by atoms with Crippen LogP contribution in [-0.2, 0) is 19.1 Å². The van der Waals surface area contributed by atoms with Gasteiger partial charge in [0.15, 0.2) is 0 Å². The third-order valence-corrected chi connectivity index (χ3v) is 8.99. The lowest BCUT2D eigenvalue weighted by atomic mass is 9.66. The maximum atomic E-state index is 14.3. The topological polar surface area (TPSA) is 117 Å². The van der Waals surface area contributed by atoms with E-state index in [-0.39, 0.29) is 24.3 Å². The van der Waals surface area contributed by atoms with E-state index in [9.17, 15) is 19.5 Å². The van der Waals surface area contributed by atoms with Gasteiger partial charge in [-0.25, -0.2) is 0 Å². The first-order valence-corrected chi connectivity index (χ1v) is 14.6. The van der Waals surface area contributed by atoms with Crippen LogP contribution in [0, 0.1) is 17.8 Å². The van der Waals surface area contributed by atoms with Crippen molar-refractivity contribution in [2.45, 2.75) is 70.2 Å². The fraction of sp³-hybridized carbons (Fsp3) is 0.516. The molecule has 2 aromatic rings. The van der Waals surface area contributed by atoms with Crippen LogP contribution in [0.15, 0.2) is 48.5 Å². The molecule has 41 heavy (non-hydrogen) atoms. The number of ether oxygens (including phenoxy) is 2. The van der Waals surface area contributed by atoms with Crippen molar-refractivity contribution in [3.05, 3.63) is 53.6 Å². The van der Waals surface area contributed by atoms with Crippen LogP contribution < -0.4 is 15.4 Å². The number of aliphatic hydroxyl groups is 1. The number of amides is 3. The number of anilines is 2. The summed E-state index contributed by atoms with van der Waals surface area (Å²) >= 11 is 6.35. The minimum atomic E-state index is -1.22. The normalized spacial score (nSPS) is 29.0. The third kappa shape index (κ3) is 5.08. The number of carbonyl (C=O) groups is 3. The molecule has 0 saturated carbocycles. The van der Waals surface area contributed by atoms with Crippen molar-refractivity contribution in [3.8, 4) is 5.75 Å². The quantitative estimate of drug-likeness (QED) is 0.379. The Morgan fingerprint density at radius 2 is 1.83 bits per heavy atom. The molecule has 10 heteroatoms. The average Bonchev–Trinajstić information content (AvgIpc) is 3.50. The second-order valence-corrected chi connectivity index (χ2v) is 12.3. The van der Waals surface area contributed by atoms with Crippen LogP contribution in [0.4, 0.5) is 11.4 Å². The van der Waals surface area contributed by atoms with Crippen molar-refractivity contribution in [3.63, 3.8) is 0 Å². The number of likely N-dealkylation sites (tertiary alicyclic amines) is 1. The van der Waals surface area contributed by atoms with Gasteiger partial charge in [-0.15, -0.1) is 0 Å². The van der Waals surface area contributed by atoms with E-state index in [4.69, 9.17) is 21.1 Å². The first-order chi connectivity index (χ1) is 19.5. The fourth-order valence-electron chi connectivity index (χ4n) is 7.06. The molecule has 3 saturated heterocycles. The summed E-state index contributed by atoms with van der Waals surface area (Å²) in [6.45, 7) is 7.95. The summed E-state index contributed by atoms with van der Waals surface area (Å²) in [4.78, 5) is 43.8. The highest BCUT2D eigenvalue weighted by atomic mass is 35.5. The summed E-state index contributed by atoms with van der Waals surface area (Å²) in [5, 5.41) is 16.6. The number of benzene rings is 2. The second-order valence-electron chi connectivity index (χ2n) is 11.9. The molecule has 3 N–H and O–H groups in total. The number of carbonyl (C=O) groups excluding carboxylic acids is 3. The summed E-state index contributed by atoms with van der Waals surface area (Å²) in [6, 6.07) is 12.3. The largest absolute Gasteiger partial charge is 0.494 e. The van der Waals surface area contributed by atoms with Crippen molar-refractivity contribution < 1.29 is 29.0 Å². The Kier molecular flexibility index (Phi) is 8.07. The lowest BCUT2D eigenvalue weighted by Gasteiger charge is -2.37. The Morgan fingerprint density at radius 1 is 1.12 bits per heavy atom. The van der Waals surface area contributed by atoms with E-state index in [0.717, 1.165) is 0 Å². The minimum absolute atomic E-state index is 0.152. The zero-order chi connectivity index (χ0) is 29.5. The molecule has 2 unspecified atom stereocenters. The number of nitrogens with zero attached hydrogens (tertiary/aromatic N) is 1. The number of halogens is 1. The minimum Gasteiger partial charge on any atom is -0.494 e. The molecule has 5 rings (SSSR count). The molecule has 0 aliphatic carbocycles. The van der Waals surface area contributed by atoms with Crippen molar-refractivity contribution >= 4 is 40.7 Å². The molecular formula is C31H38ClN3O6. The summed E-state index contributed by atoms with van der Waals surface area (Å²) in [5.74, 6) is -2.01. The molecule has 220 valence electrons. The second kappa shape index (κ2) is 11.3. The van der Waals surface area contributed by atoms with E-state index in [1.165, 1.54) is 4.90 Å². The van der Waals surface area contributed by atoms with Crippen molar-refractivity contribution in [1.82, 2.24) is 4.90 Å². The van der Waals surface area contributed by atoms with Gasteiger partial charge in [0, 0.05) is 5.69 Å². The first-order valence-electron chi connectivity index (χ1n) is 14.3. The molecule has 2 aromatic carbocycles. The van der Waals surface area contributed by atoms with Gasteiger partial charge in [0.1, 0.15) is 17.4 Å². The summed E-state index contributed by atoms with van der Waals surface area (Å²) in [7, 11) is 0. The Hall–Kier alpha value is -3.14. The Balaban J connectivity index is 1.51.